The van der Waals surface area contributed by atoms with E-state index in [9.17, 15) is 13.2 Å². The molecule has 0 saturated heterocycles. The first-order valence-electron chi connectivity index (χ1n) is 8.48. The Morgan fingerprint density at radius 3 is 2.50 bits per heavy atom. The average Bonchev–Trinajstić information content (AvgIpc) is 2.90. The summed E-state index contributed by atoms with van der Waals surface area (Å²) in [5.74, 6) is -0.0126. The minimum Gasteiger partial charge on any atom is -0.302 e. The summed E-state index contributed by atoms with van der Waals surface area (Å²) < 4.78 is 28.6. The van der Waals surface area contributed by atoms with Gasteiger partial charge in [0.15, 0.2) is 5.13 Å². The summed E-state index contributed by atoms with van der Waals surface area (Å²) in [6, 6.07) is 5.69. The van der Waals surface area contributed by atoms with Gasteiger partial charge in [-0.3, -0.25) is 4.79 Å². The second-order valence-corrected chi connectivity index (χ2v) is 10.2. The van der Waals surface area contributed by atoms with Crippen molar-refractivity contribution in [1.82, 2.24) is 9.71 Å². The van der Waals surface area contributed by atoms with Crippen molar-refractivity contribution in [3.63, 3.8) is 0 Å². The van der Waals surface area contributed by atoms with E-state index in [0.717, 1.165) is 15.5 Å². The minimum absolute atomic E-state index is 0.0114. The molecular weight excluding hydrogens is 416 g/mol. The number of sulfonamides is 1. The highest BCUT2D eigenvalue weighted by Gasteiger charge is 2.20. The molecule has 2 N–H and O–H groups in total. The van der Waals surface area contributed by atoms with E-state index in [2.05, 4.69) is 15.0 Å². The Hall–Kier alpha value is -1.93. The molecule has 0 bridgehead atoms. The summed E-state index contributed by atoms with van der Waals surface area (Å²) >= 11 is 2.67. The Morgan fingerprint density at radius 2 is 1.89 bits per heavy atom. The highest BCUT2D eigenvalue weighted by Crippen LogP contribution is 2.31. The van der Waals surface area contributed by atoms with Gasteiger partial charge in [-0.2, -0.15) is 5.26 Å². The Balaban J connectivity index is 1.94. The summed E-state index contributed by atoms with van der Waals surface area (Å²) in [6.07, 6.45) is -0.0114. The lowest BCUT2D eigenvalue weighted by molar-refractivity contribution is -0.116. The van der Waals surface area contributed by atoms with E-state index in [4.69, 9.17) is 5.26 Å². The number of hydrogen-bond acceptors (Lipinski definition) is 7. The van der Waals surface area contributed by atoms with Gasteiger partial charge in [0.25, 0.3) is 0 Å². The number of benzene rings is 1. The largest absolute Gasteiger partial charge is 0.302 e. The monoisotopic (exact) mass is 438 g/mol. The number of aromatic nitrogens is 1. The number of anilines is 1. The van der Waals surface area contributed by atoms with Crippen molar-refractivity contribution in [1.29, 1.82) is 5.26 Å². The SMILES string of the molecule is Cc1cc(C)c(S(=O)(=O)NCCC(=O)Nc2nc(C)c(SCC#N)s2)c(C)c1. The van der Waals surface area contributed by atoms with E-state index in [0.29, 0.717) is 22.0 Å². The summed E-state index contributed by atoms with van der Waals surface area (Å²) in [4.78, 5) is 16.6. The summed E-state index contributed by atoms with van der Waals surface area (Å²) in [6.45, 7) is 7.23. The zero-order valence-electron chi connectivity index (χ0n) is 16.1. The predicted molar refractivity (Wildman–Crippen MR) is 112 cm³/mol. The quantitative estimate of drug-likeness (QED) is 0.612. The van der Waals surface area contributed by atoms with Crippen LogP contribution in [0.25, 0.3) is 0 Å². The molecule has 10 heteroatoms. The van der Waals surface area contributed by atoms with Gasteiger partial charge in [-0.15, -0.1) is 0 Å². The van der Waals surface area contributed by atoms with E-state index < -0.39 is 10.0 Å². The molecule has 0 saturated carbocycles. The maximum absolute atomic E-state index is 12.6. The Kier molecular flexibility index (Phi) is 7.60. The number of rotatable bonds is 8. The van der Waals surface area contributed by atoms with Gasteiger partial charge in [0, 0.05) is 13.0 Å². The highest BCUT2D eigenvalue weighted by atomic mass is 32.2. The standard InChI is InChI=1S/C18H22N4O3S3/c1-11-9-12(2)16(13(3)10-11)28(24,25)20-7-5-15(23)22-18-21-14(4)17(27-18)26-8-6-19/h9-10,20H,5,7-8H2,1-4H3,(H,21,22,23). The van der Waals surface area contributed by atoms with Gasteiger partial charge in [-0.25, -0.2) is 18.1 Å². The molecule has 1 aromatic heterocycles. The molecule has 0 aliphatic rings. The van der Waals surface area contributed by atoms with Crippen LogP contribution in [0.1, 0.15) is 28.8 Å². The van der Waals surface area contributed by atoms with Gasteiger partial charge in [0.05, 0.1) is 26.6 Å². The van der Waals surface area contributed by atoms with Crippen molar-refractivity contribution in [2.45, 2.75) is 43.2 Å². The number of carbonyl (C=O) groups is 1. The smallest absolute Gasteiger partial charge is 0.241 e. The topological polar surface area (TPSA) is 112 Å². The number of aryl methyl sites for hydroxylation is 4. The molecule has 2 rings (SSSR count). The number of nitriles is 1. The first kappa shape index (κ1) is 22.4. The lowest BCUT2D eigenvalue weighted by Gasteiger charge is -2.13. The first-order chi connectivity index (χ1) is 13.1. The highest BCUT2D eigenvalue weighted by molar-refractivity contribution is 8.01. The maximum atomic E-state index is 12.6. The number of nitrogens with zero attached hydrogens (tertiary/aromatic N) is 2. The number of amides is 1. The van der Waals surface area contributed by atoms with Crippen molar-refractivity contribution in [2.24, 2.45) is 0 Å². The van der Waals surface area contributed by atoms with Crippen molar-refractivity contribution >= 4 is 44.2 Å². The number of carbonyl (C=O) groups excluding carboxylic acids is 1. The number of nitrogens with one attached hydrogen (secondary N) is 2. The molecule has 7 nitrogen and oxygen atoms in total. The van der Waals surface area contributed by atoms with E-state index in [1.165, 1.54) is 23.1 Å². The second-order valence-electron chi connectivity index (χ2n) is 6.26. The molecule has 0 unspecified atom stereocenters. The fourth-order valence-corrected chi connectivity index (χ4v) is 6.11. The fourth-order valence-electron chi connectivity index (χ4n) is 2.81. The number of thioether (sulfide) groups is 1. The van der Waals surface area contributed by atoms with Gasteiger partial charge in [-0.05, 0) is 38.8 Å². The van der Waals surface area contributed by atoms with Crippen LogP contribution in [0.2, 0.25) is 0 Å². The lowest BCUT2D eigenvalue weighted by Crippen LogP contribution is -2.29. The van der Waals surface area contributed by atoms with Gasteiger partial charge in [0.2, 0.25) is 15.9 Å². The van der Waals surface area contributed by atoms with Crippen molar-refractivity contribution in [3.8, 4) is 6.07 Å². The van der Waals surface area contributed by atoms with Crippen molar-refractivity contribution in [3.05, 3.63) is 34.5 Å². The van der Waals surface area contributed by atoms with Crippen LogP contribution in [0.5, 0.6) is 0 Å². The van der Waals surface area contributed by atoms with Crippen molar-refractivity contribution in [2.75, 3.05) is 17.6 Å². The van der Waals surface area contributed by atoms with Crippen LogP contribution in [0.4, 0.5) is 5.13 Å². The Labute approximate surface area is 173 Å². The Bertz CT molecular complexity index is 1000. The molecule has 28 heavy (non-hydrogen) atoms. The molecule has 1 amide bonds. The number of thiazole rings is 1. The van der Waals surface area contributed by atoms with Crippen molar-refractivity contribution < 1.29 is 13.2 Å². The molecule has 0 radical (unpaired) electrons. The number of hydrogen-bond donors (Lipinski definition) is 2. The normalized spacial score (nSPS) is 11.2. The van der Waals surface area contributed by atoms with Crippen LogP contribution in [-0.4, -0.2) is 31.6 Å². The maximum Gasteiger partial charge on any atom is 0.241 e. The Morgan fingerprint density at radius 1 is 1.25 bits per heavy atom. The summed E-state index contributed by atoms with van der Waals surface area (Å²) in [5.41, 5.74) is 3.11. The van der Waals surface area contributed by atoms with E-state index in [-0.39, 0.29) is 23.8 Å². The molecule has 1 heterocycles. The van der Waals surface area contributed by atoms with E-state index in [1.807, 2.05) is 32.0 Å². The fraction of sp³-hybridized carbons (Fsp3) is 0.389. The van der Waals surface area contributed by atoms with Gasteiger partial charge in [-0.1, -0.05) is 40.8 Å². The zero-order chi connectivity index (χ0) is 20.9. The first-order valence-corrected chi connectivity index (χ1v) is 11.8. The third-order valence-corrected chi connectivity index (χ3v) is 7.85. The van der Waals surface area contributed by atoms with Crippen LogP contribution in [0.3, 0.4) is 0 Å². The molecule has 2 aromatic rings. The van der Waals surface area contributed by atoms with Crippen LogP contribution in [-0.2, 0) is 14.8 Å². The van der Waals surface area contributed by atoms with E-state index >= 15 is 0 Å². The molecule has 0 fully saturated rings. The molecule has 0 spiro atoms. The van der Waals surface area contributed by atoms with Crippen LogP contribution >= 0.6 is 23.1 Å². The summed E-state index contributed by atoms with van der Waals surface area (Å²) in [7, 11) is -3.70. The third-order valence-electron chi connectivity index (χ3n) is 3.79. The van der Waals surface area contributed by atoms with Gasteiger partial charge >= 0.3 is 0 Å². The van der Waals surface area contributed by atoms with Crippen LogP contribution in [0.15, 0.2) is 21.2 Å². The van der Waals surface area contributed by atoms with Gasteiger partial charge < -0.3 is 5.32 Å². The van der Waals surface area contributed by atoms with E-state index in [1.54, 1.807) is 13.8 Å². The second kappa shape index (κ2) is 9.52. The summed E-state index contributed by atoms with van der Waals surface area (Å²) in [5, 5.41) is 11.8. The lowest BCUT2D eigenvalue weighted by atomic mass is 10.1. The third kappa shape index (κ3) is 5.78. The molecule has 0 aliphatic carbocycles. The zero-order valence-corrected chi connectivity index (χ0v) is 18.6. The molecule has 0 aliphatic heterocycles. The molecule has 150 valence electrons. The predicted octanol–water partition coefficient (Wildman–Crippen LogP) is 3.30. The minimum atomic E-state index is -3.70. The van der Waals surface area contributed by atoms with Crippen LogP contribution < -0.4 is 10.0 Å². The van der Waals surface area contributed by atoms with Gasteiger partial charge in [0.1, 0.15) is 0 Å². The molecular formula is C18H22N4O3S3. The molecule has 1 aromatic carbocycles. The molecule has 0 atom stereocenters. The average molecular weight is 439 g/mol. The van der Waals surface area contributed by atoms with Crippen LogP contribution in [0, 0.1) is 39.0 Å².